The van der Waals surface area contributed by atoms with E-state index in [2.05, 4.69) is 5.32 Å². The van der Waals surface area contributed by atoms with Gasteiger partial charge < -0.3 is 5.32 Å². The molecule has 0 bridgehead atoms. The fourth-order valence-electron chi connectivity index (χ4n) is 2.82. The Morgan fingerprint density at radius 3 is 2.27 bits per heavy atom. The van der Waals surface area contributed by atoms with E-state index in [1.807, 2.05) is 26.0 Å². The van der Waals surface area contributed by atoms with Gasteiger partial charge in [-0.3, -0.25) is 14.5 Å². The molecule has 2 aromatic rings. The van der Waals surface area contributed by atoms with E-state index < -0.39 is 23.4 Å². The maximum Gasteiger partial charge on any atom is 0.278 e. The SMILES string of the molecule is CCCN1C(=O)C(Nc2ccc(F)c(F)c2)=C(c2ccc(C)cc2)C1=O. The van der Waals surface area contributed by atoms with Gasteiger partial charge in [0.2, 0.25) is 0 Å². The summed E-state index contributed by atoms with van der Waals surface area (Å²) >= 11 is 0. The molecule has 0 aromatic heterocycles. The highest BCUT2D eigenvalue weighted by Crippen LogP contribution is 2.31. The number of carbonyl (C=O) groups is 2. The van der Waals surface area contributed by atoms with Crippen LogP contribution in [0.25, 0.3) is 5.57 Å². The zero-order valence-corrected chi connectivity index (χ0v) is 14.5. The molecule has 0 atom stereocenters. The Hall–Kier alpha value is -3.02. The van der Waals surface area contributed by atoms with Gasteiger partial charge >= 0.3 is 0 Å². The maximum atomic E-state index is 13.5. The first kappa shape index (κ1) is 17.8. The molecule has 0 unspecified atom stereocenters. The van der Waals surface area contributed by atoms with Crippen LogP contribution in [0.15, 0.2) is 48.2 Å². The molecule has 0 saturated carbocycles. The number of hydrogen-bond acceptors (Lipinski definition) is 3. The number of aryl methyl sites for hydroxylation is 1. The number of anilines is 1. The first-order chi connectivity index (χ1) is 12.4. The van der Waals surface area contributed by atoms with Crippen molar-refractivity contribution in [2.45, 2.75) is 20.3 Å². The molecule has 2 amide bonds. The van der Waals surface area contributed by atoms with Crippen molar-refractivity contribution in [1.82, 2.24) is 4.90 Å². The van der Waals surface area contributed by atoms with Gasteiger partial charge in [-0.15, -0.1) is 0 Å². The van der Waals surface area contributed by atoms with Crippen molar-refractivity contribution < 1.29 is 18.4 Å². The molecule has 4 nitrogen and oxygen atoms in total. The lowest BCUT2D eigenvalue weighted by Gasteiger charge is -2.13. The highest BCUT2D eigenvalue weighted by molar-refractivity contribution is 6.36. The minimum absolute atomic E-state index is 0.0679. The lowest BCUT2D eigenvalue weighted by atomic mass is 10.0. The molecule has 1 heterocycles. The molecule has 1 aliphatic heterocycles. The van der Waals surface area contributed by atoms with E-state index in [4.69, 9.17) is 0 Å². The van der Waals surface area contributed by atoms with Crippen LogP contribution in [0.5, 0.6) is 0 Å². The van der Waals surface area contributed by atoms with Gasteiger partial charge in [-0.25, -0.2) is 8.78 Å². The Morgan fingerprint density at radius 2 is 1.65 bits per heavy atom. The van der Waals surface area contributed by atoms with Gasteiger partial charge in [-0.2, -0.15) is 0 Å². The number of carbonyl (C=O) groups excluding carboxylic acids is 2. The summed E-state index contributed by atoms with van der Waals surface area (Å²) in [6, 6.07) is 10.5. The molecule has 1 N–H and O–H groups in total. The minimum Gasteiger partial charge on any atom is -0.350 e. The van der Waals surface area contributed by atoms with Crippen molar-refractivity contribution >= 4 is 23.1 Å². The van der Waals surface area contributed by atoms with E-state index in [1.54, 1.807) is 12.1 Å². The Morgan fingerprint density at radius 1 is 0.962 bits per heavy atom. The van der Waals surface area contributed by atoms with Crippen LogP contribution in [-0.2, 0) is 9.59 Å². The molecule has 0 saturated heterocycles. The molecule has 0 fully saturated rings. The van der Waals surface area contributed by atoms with Crippen molar-refractivity contribution in [3.8, 4) is 0 Å². The molecule has 2 aromatic carbocycles. The van der Waals surface area contributed by atoms with Crippen LogP contribution in [0.4, 0.5) is 14.5 Å². The van der Waals surface area contributed by atoms with Crippen LogP contribution >= 0.6 is 0 Å². The van der Waals surface area contributed by atoms with Crippen molar-refractivity contribution in [2.24, 2.45) is 0 Å². The molecule has 0 radical (unpaired) electrons. The number of hydrogen-bond donors (Lipinski definition) is 1. The van der Waals surface area contributed by atoms with E-state index >= 15 is 0 Å². The van der Waals surface area contributed by atoms with E-state index in [0.717, 1.165) is 22.6 Å². The van der Waals surface area contributed by atoms with Gasteiger partial charge in [0, 0.05) is 18.3 Å². The summed E-state index contributed by atoms with van der Waals surface area (Å²) in [5.74, 6) is -2.89. The molecule has 0 spiro atoms. The van der Waals surface area contributed by atoms with Crippen LogP contribution < -0.4 is 5.32 Å². The summed E-state index contributed by atoms with van der Waals surface area (Å²) in [4.78, 5) is 26.7. The van der Waals surface area contributed by atoms with Crippen LogP contribution in [0.1, 0.15) is 24.5 Å². The van der Waals surface area contributed by atoms with Gasteiger partial charge in [0.15, 0.2) is 11.6 Å². The molecular formula is C20H18F2N2O2. The first-order valence-corrected chi connectivity index (χ1v) is 8.32. The first-order valence-electron chi connectivity index (χ1n) is 8.32. The Balaban J connectivity index is 2.07. The second-order valence-corrected chi connectivity index (χ2v) is 6.13. The third kappa shape index (κ3) is 3.22. The number of imide groups is 1. The number of amides is 2. The lowest BCUT2D eigenvalue weighted by molar-refractivity contribution is -0.136. The van der Waals surface area contributed by atoms with E-state index in [9.17, 15) is 18.4 Å². The van der Waals surface area contributed by atoms with Crippen molar-refractivity contribution in [3.05, 3.63) is 70.9 Å². The molecule has 1 aliphatic rings. The highest BCUT2D eigenvalue weighted by Gasteiger charge is 2.38. The summed E-state index contributed by atoms with van der Waals surface area (Å²) < 4.78 is 26.6. The second kappa shape index (κ2) is 7.07. The van der Waals surface area contributed by atoms with Crippen LogP contribution in [0.2, 0.25) is 0 Å². The number of rotatable bonds is 5. The molecular weight excluding hydrogens is 338 g/mol. The number of nitrogens with zero attached hydrogens (tertiary/aromatic N) is 1. The Kier molecular flexibility index (Phi) is 4.84. The number of halogens is 2. The smallest absolute Gasteiger partial charge is 0.278 e. The topological polar surface area (TPSA) is 49.4 Å². The van der Waals surface area contributed by atoms with Crippen LogP contribution in [-0.4, -0.2) is 23.3 Å². The predicted octanol–water partition coefficient (Wildman–Crippen LogP) is 3.88. The number of nitrogens with one attached hydrogen (secondary N) is 1. The molecule has 134 valence electrons. The average Bonchev–Trinajstić information content (AvgIpc) is 2.84. The van der Waals surface area contributed by atoms with Gasteiger partial charge in [0.1, 0.15) is 5.70 Å². The predicted molar refractivity (Wildman–Crippen MR) is 95.1 cm³/mol. The summed E-state index contributed by atoms with van der Waals surface area (Å²) in [6.07, 6.45) is 0.622. The standard InChI is InChI=1S/C20H18F2N2O2/c1-3-10-24-19(25)17(13-6-4-12(2)5-7-13)18(20(24)26)23-14-8-9-15(21)16(22)11-14/h4-9,11,23H,3,10H2,1-2H3. The van der Waals surface area contributed by atoms with Crippen LogP contribution in [0.3, 0.4) is 0 Å². The Bertz CT molecular complexity index is 905. The van der Waals surface area contributed by atoms with E-state index in [0.29, 0.717) is 12.0 Å². The average molecular weight is 356 g/mol. The van der Waals surface area contributed by atoms with Gasteiger partial charge in [0.05, 0.1) is 5.57 Å². The van der Waals surface area contributed by atoms with Gasteiger partial charge in [0.25, 0.3) is 11.8 Å². The fraction of sp³-hybridized carbons (Fsp3) is 0.200. The molecule has 3 rings (SSSR count). The van der Waals surface area contributed by atoms with Gasteiger partial charge in [-0.1, -0.05) is 36.8 Å². The van der Waals surface area contributed by atoms with Crippen LogP contribution in [0, 0.1) is 18.6 Å². The minimum atomic E-state index is -1.03. The van der Waals surface area contributed by atoms with Crippen molar-refractivity contribution in [1.29, 1.82) is 0 Å². The summed E-state index contributed by atoms with van der Waals surface area (Å²) in [6.45, 7) is 4.08. The number of benzene rings is 2. The van der Waals surface area contributed by atoms with Crippen molar-refractivity contribution in [2.75, 3.05) is 11.9 Å². The zero-order chi connectivity index (χ0) is 18.8. The molecule has 26 heavy (non-hydrogen) atoms. The maximum absolute atomic E-state index is 13.5. The summed E-state index contributed by atoms with van der Waals surface area (Å²) in [5.41, 5.74) is 2.11. The zero-order valence-electron chi connectivity index (χ0n) is 14.5. The largest absolute Gasteiger partial charge is 0.350 e. The second-order valence-electron chi connectivity index (χ2n) is 6.13. The van der Waals surface area contributed by atoms with E-state index in [1.165, 1.54) is 6.07 Å². The van der Waals surface area contributed by atoms with Gasteiger partial charge in [-0.05, 0) is 31.0 Å². The third-order valence-electron chi connectivity index (χ3n) is 4.14. The Labute approximate surface area is 150 Å². The molecule has 6 heteroatoms. The van der Waals surface area contributed by atoms with E-state index in [-0.39, 0.29) is 23.5 Å². The normalized spacial score (nSPS) is 14.4. The van der Waals surface area contributed by atoms with Crippen molar-refractivity contribution in [3.63, 3.8) is 0 Å². The fourth-order valence-corrected chi connectivity index (χ4v) is 2.82. The quantitative estimate of drug-likeness (QED) is 0.828. The molecule has 0 aliphatic carbocycles. The monoisotopic (exact) mass is 356 g/mol. The third-order valence-corrected chi connectivity index (χ3v) is 4.14. The summed E-state index contributed by atoms with van der Waals surface area (Å²) in [5, 5.41) is 2.80. The lowest BCUT2D eigenvalue weighted by Crippen LogP contribution is -2.33. The summed E-state index contributed by atoms with van der Waals surface area (Å²) in [7, 11) is 0. The highest BCUT2D eigenvalue weighted by atomic mass is 19.2.